The van der Waals surface area contributed by atoms with Crippen LogP contribution in [0.5, 0.6) is 0 Å². The lowest BCUT2D eigenvalue weighted by molar-refractivity contribution is 0.521. The van der Waals surface area contributed by atoms with Gasteiger partial charge in [0.25, 0.3) is 0 Å². The summed E-state index contributed by atoms with van der Waals surface area (Å²) in [5.74, 6) is 1.78. The number of hydrogen-bond donors (Lipinski definition) is 1. The van der Waals surface area contributed by atoms with Crippen LogP contribution >= 0.6 is 0 Å². The normalized spacial score (nSPS) is 23.9. The third-order valence-electron chi connectivity index (χ3n) is 3.73. The molecule has 3 rings (SSSR count). The Kier molecular flexibility index (Phi) is 2.92. The highest BCUT2D eigenvalue weighted by atomic mass is 15.1. The second kappa shape index (κ2) is 4.58. The minimum absolute atomic E-state index is 0.309. The van der Waals surface area contributed by atoms with E-state index in [2.05, 4.69) is 52.1 Å². The van der Waals surface area contributed by atoms with Crippen LogP contribution in [-0.4, -0.2) is 15.6 Å². The van der Waals surface area contributed by atoms with E-state index in [1.807, 2.05) is 19.4 Å². The van der Waals surface area contributed by atoms with Crippen molar-refractivity contribution in [2.24, 2.45) is 7.05 Å². The molecule has 0 saturated heterocycles. The maximum absolute atomic E-state index is 4.39. The lowest BCUT2D eigenvalue weighted by Gasteiger charge is -2.13. The van der Waals surface area contributed by atoms with Crippen molar-refractivity contribution < 1.29 is 0 Å². The molecule has 0 radical (unpaired) electrons. The molecule has 0 spiro atoms. The first-order valence-corrected chi connectivity index (χ1v) is 6.54. The summed E-state index contributed by atoms with van der Waals surface area (Å²) >= 11 is 0. The number of nitrogens with one attached hydrogen (secondary N) is 1. The second-order valence-corrected chi connectivity index (χ2v) is 5.14. The summed E-state index contributed by atoms with van der Waals surface area (Å²) < 4.78 is 2.08. The molecule has 2 aromatic rings. The first-order chi connectivity index (χ1) is 8.75. The van der Waals surface area contributed by atoms with Crippen LogP contribution in [0.15, 0.2) is 42.7 Å². The molecule has 3 unspecified atom stereocenters. The third-order valence-corrected chi connectivity index (χ3v) is 3.73. The number of imidazole rings is 1. The van der Waals surface area contributed by atoms with E-state index in [-0.39, 0.29) is 0 Å². The van der Waals surface area contributed by atoms with Gasteiger partial charge in [-0.05, 0) is 18.9 Å². The molecule has 1 N–H and O–H groups in total. The summed E-state index contributed by atoms with van der Waals surface area (Å²) in [6.07, 6.45) is 5.09. The molecule has 1 fully saturated rings. The predicted molar refractivity (Wildman–Crippen MR) is 72.3 cm³/mol. The standard InChI is InChI=1S/C15H19N3/c1-11(15-16-8-9-18(15)2)17-14-10-13(14)12-6-4-3-5-7-12/h3-9,11,13-14,17H,10H2,1-2H3. The van der Waals surface area contributed by atoms with E-state index in [1.165, 1.54) is 12.0 Å². The molecule has 1 aliphatic carbocycles. The fourth-order valence-electron chi connectivity index (χ4n) is 2.64. The first-order valence-electron chi connectivity index (χ1n) is 6.54. The molecular formula is C15H19N3. The Balaban J connectivity index is 1.62. The Morgan fingerprint density at radius 3 is 2.78 bits per heavy atom. The van der Waals surface area contributed by atoms with Crippen molar-refractivity contribution >= 4 is 0 Å². The van der Waals surface area contributed by atoms with Crippen molar-refractivity contribution in [3.8, 4) is 0 Å². The molecule has 0 aliphatic heterocycles. The summed E-state index contributed by atoms with van der Waals surface area (Å²) in [5, 5.41) is 3.66. The molecule has 1 aromatic carbocycles. The van der Waals surface area contributed by atoms with Gasteiger partial charge in [-0.3, -0.25) is 0 Å². The summed E-state index contributed by atoms with van der Waals surface area (Å²) in [5.41, 5.74) is 1.45. The minimum Gasteiger partial charge on any atom is -0.337 e. The summed E-state index contributed by atoms with van der Waals surface area (Å²) in [7, 11) is 2.04. The maximum atomic E-state index is 4.39. The van der Waals surface area contributed by atoms with Gasteiger partial charge in [-0.15, -0.1) is 0 Å². The van der Waals surface area contributed by atoms with Crippen LogP contribution in [0.25, 0.3) is 0 Å². The highest BCUT2D eigenvalue weighted by Gasteiger charge is 2.39. The zero-order valence-corrected chi connectivity index (χ0v) is 10.9. The van der Waals surface area contributed by atoms with Gasteiger partial charge in [-0.2, -0.15) is 0 Å². The SMILES string of the molecule is CC(NC1CC1c1ccccc1)c1nccn1C. The first kappa shape index (κ1) is 11.5. The average molecular weight is 241 g/mol. The van der Waals surface area contributed by atoms with Crippen LogP contribution in [0.1, 0.15) is 36.7 Å². The molecule has 3 atom stereocenters. The van der Waals surface area contributed by atoms with Gasteiger partial charge in [0.05, 0.1) is 6.04 Å². The number of nitrogens with zero attached hydrogens (tertiary/aromatic N) is 2. The van der Waals surface area contributed by atoms with Gasteiger partial charge >= 0.3 is 0 Å². The predicted octanol–water partition coefficient (Wildman–Crippen LogP) is 2.63. The van der Waals surface area contributed by atoms with Crippen LogP contribution < -0.4 is 5.32 Å². The number of aromatic nitrogens is 2. The van der Waals surface area contributed by atoms with Crippen molar-refractivity contribution in [1.29, 1.82) is 0 Å². The van der Waals surface area contributed by atoms with Gasteiger partial charge in [0.1, 0.15) is 5.82 Å². The molecule has 1 aliphatic rings. The van der Waals surface area contributed by atoms with E-state index < -0.39 is 0 Å². The number of rotatable bonds is 4. The highest BCUT2D eigenvalue weighted by Crippen LogP contribution is 2.41. The highest BCUT2D eigenvalue weighted by molar-refractivity contribution is 5.27. The zero-order chi connectivity index (χ0) is 12.5. The second-order valence-electron chi connectivity index (χ2n) is 5.14. The van der Waals surface area contributed by atoms with Crippen LogP contribution in [0.4, 0.5) is 0 Å². The molecule has 0 amide bonds. The molecule has 1 aromatic heterocycles. The van der Waals surface area contributed by atoms with Gasteiger partial charge in [0.2, 0.25) is 0 Å². The fraction of sp³-hybridized carbons (Fsp3) is 0.400. The Bertz CT molecular complexity index is 518. The summed E-state index contributed by atoms with van der Waals surface area (Å²) in [6, 6.07) is 11.7. The minimum atomic E-state index is 0.309. The van der Waals surface area contributed by atoms with Crippen molar-refractivity contribution in [1.82, 2.24) is 14.9 Å². The molecule has 18 heavy (non-hydrogen) atoms. The zero-order valence-electron chi connectivity index (χ0n) is 10.9. The van der Waals surface area contributed by atoms with E-state index in [0.717, 1.165) is 5.82 Å². The molecule has 1 saturated carbocycles. The van der Waals surface area contributed by atoms with Crippen molar-refractivity contribution in [2.75, 3.05) is 0 Å². The molecule has 1 heterocycles. The van der Waals surface area contributed by atoms with Crippen LogP contribution in [0, 0.1) is 0 Å². The van der Waals surface area contributed by atoms with E-state index in [0.29, 0.717) is 18.0 Å². The van der Waals surface area contributed by atoms with Gasteiger partial charge in [-0.25, -0.2) is 4.98 Å². The monoisotopic (exact) mass is 241 g/mol. The number of aryl methyl sites for hydroxylation is 1. The molecule has 3 nitrogen and oxygen atoms in total. The molecule has 0 bridgehead atoms. The van der Waals surface area contributed by atoms with Gasteiger partial charge in [-0.1, -0.05) is 30.3 Å². The van der Waals surface area contributed by atoms with Crippen molar-refractivity contribution in [3.05, 3.63) is 54.1 Å². The van der Waals surface area contributed by atoms with E-state index in [1.54, 1.807) is 0 Å². The Morgan fingerprint density at radius 1 is 1.33 bits per heavy atom. The molecule has 94 valence electrons. The quantitative estimate of drug-likeness (QED) is 0.891. The Labute approximate surface area is 108 Å². The topological polar surface area (TPSA) is 29.9 Å². The lowest BCUT2D eigenvalue weighted by atomic mass is 10.1. The number of benzene rings is 1. The number of hydrogen-bond acceptors (Lipinski definition) is 2. The van der Waals surface area contributed by atoms with Gasteiger partial charge in [0.15, 0.2) is 0 Å². The van der Waals surface area contributed by atoms with E-state index in [4.69, 9.17) is 0 Å². The summed E-state index contributed by atoms with van der Waals surface area (Å²) in [4.78, 5) is 4.39. The van der Waals surface area contributed by atoms with Gasteiger partial charge in [0, 0.05) is 31.4 Å². The van der Waals surface area contributed by atoms with Crippen LogP contribution in [-0.2, 0) is 7.05 Å². The van der Waals surface area contributed by atoms with Crippen molar-refractivity contribution in [3.63, 3.8) is 0 Å². The van der Waals surface area contributed by atoms with Crippen LogP contribution in [0.3, 0.4) is 0 Å². The molecule has 3 heteroatoms. The summed E-state index contributed by atoms with van der Waals surface area (Å²) in [6.45, 7) is 2.18. The Hall–Kier alpha value is -1.61. The Morgan fingerprint density at radius 2 is 2.11 bits per heavy atom. The lowest BCUT2D eigenvalue weighted by Crippen LogP contribution is -2.24. The third kappa shape index (κ3) is 2.18. The van der Waals surface area contributed by atoms with Crippen LogP contribution in [0.2, 0.25) is 0 Å². The molecular weight excluding hydrogens is 222 g/mol. The average Bonchev–Trinajstić information content (AvgIpc) is 3.01. The fourth-order valence-corrected chi connectivity index (χ4v) is 2.64. The van der Waals surface area contributed by atoms with Crippen molar-refractivity contribution in [2.45, 2.75) is 31.3 Å². The largest absolute Gasteiger partial charge is 0.337 e. The van der Waals surface area contributed by atoms with Gasteiger partial charge < -0.3 is 9.88 Å². The maximum Gasteiger partial charge on any atom is 0.125 e. The van der Waals surface area contributed by atoms with E-state index in [9.17, 15) is 0 Å². The van der Waals surface area contributed by atoms with E-state index >= 15 is 0 Å². The smallest absolute Gasteiger partial charge is 0.125 e.